The summed E-state index contributed by atoms with van der Waals surface area (Å²) in [6, 6.07) is 0. The third kappa shape index (κ3) is 1.93. The number of azo groups is 1. The standard InChI is InChI=1S/C8H10ClN3OS/c9-7-6(5-10-11-8(7)13)12-1-3-14-4-2-12/h5,7H,1-4H2. The Morgan fingerprint density at radius 2 is 2.21 bits per heavy atom. The molecule has 2 heterocycles. The number of alkyl halides is 1. The van der Waals surface area contributed by atoms with Gasteiger partial charge in [0, 0.05) is 24.6 Å². The second-order valence-electron chi connectivity index (χ2n) is 3.07. The maximum atomic E-state index is 11.2. The number of rotatable bonds is 1. The summed E-state index contributed by atoms with van der Waals surface area (Å²) in [4.78, 5) is 13.3. The fraction of sp³-hybridized carbons (Fsp3) is 0.625. The number of amides is 1. The molecule has 6 heteroatoms. The number of carbonyl (C=O) groups is 1. The minimum Gasteiger partial charge on any atom is -0.370 e. The van der Waals surface area contributed by atoms with Crippen LogP contribution in [0.2, 0.25) is 0 Å². The Hall–Kier alpha value is -0.550. The van der Waals surface area contributed by atoms with Gasteiger partial charge in [0.25, 0.3) is 5.91 Å². The summed E-state index contributed by atoms with van der Waals surface area (Å²) in [6.45, 7) is 1.87. The van der Waals surface area contributed by atoms with Crippen molar-refractivity contribution in [3.05, 3.63) is 11.9 Å². The van der Waals surface area contributed by atoms with E-state index in [4.69, 9.17) is 11.6 Å². The molecule has 0 aromatic carbocycles. The van der Waals surface area contributed by atoms with Crippen LogP contribution >= 0.6 is 23.4 Å². The van der Waals surface area contributed by atoms with Crippen molar-refractivity contribution < 1.29 is 4.79 Å². The fourth-order valence-electron chi connectivity index (χ4n) is 1.45. The van der Waals surface area contributed by atoms with E-state index in [2.05, 4.69) is 15.1 Å². The van der Waals surface area contributed by atoms with Crippen molar-refractivity contribution in [2.75, 3.05) is 24.6 Å². The van der Waals surface area contributed by atoms with E-state index in [1.165, 1.54) is 0 Å². The van der Waals surface area contributed by atoms with Crippen LogP contribution in [0, 0.1) is 0 Å². The summed E-state index contributed by atoms with van der Waals surface area (Å²) in [5, 5.41) is 6.40. The molecule has 0 aromatic heterocycles. The van der Waals surface area contributed by atoms with Crippen LogP contribution in [0.15, 0.2) is 22.1 Å². The Morgan fingerprint density at radius 1 is 1.50 bits per heavy atom. The van der Waals surface area contributed by atoms with Crippen LogP contribution < -0.4 is 0 Å². The molecule has 2 aliphatic rings. The third-order valence-electron chi connectivity index (χ3n) is 2.20. The van der Waals surface area contributed by atoms with Crippen molar-refractivity contribution in [3.63, 3.8) is 0 Å². The number of thioether (sulfide) groups is 1. The highest BCUT2D eigenvalue weighted by molar-refractivity contribution is 7.99. The van der Waals surface area contributed by atoms with Crippen LogP contribution in [-0.2, 0) is 4.79 Å². The second-order valence-corrected chi connectivity index (χ2v) is 4.73. The molecular weight excluding hydrogens is 222 g/mol. The number of hydrogen-bond donors (Lipinski definition) is 0. The molecule has 0 aromatic rings. The van der Waals surface area contributed by atoms with Gasteiger partial charge in [0.1, 0.15) is 0 Å². The molecule has 1 unspecified atom stereocenters. The van der Waals surface area contributed by atoms with E-state index in [0.717, 1.165) is 30.3 Å². The third-order valence-corrected chi connectivity index (χ3v) is 3.55. The van der Waals surface area contributed by atoms with Crippen LogP contribution in [0.5, 0.6) is 0 Å². The van der Waals surface area contributed by atoms with E-state index in [-0.39, 0.29) is 5.91 Å². The Morgan fingerprint density at radius 3 is 2.93 bits per heavy atom. The van der Waals surface area contributed by atoms with Gasteiger partial charge in [0.15, 0.2) is 5.38 Å². The number of halogens is 1. The normalized spacial score (nSPS) is 27.8. The maximum absolute atomic E-state index is 11.2. The minimum atomic E-state index is -0.643. The number of hydrogen-bond acceptors (Lipinski definition) is 4. The lowest BCUT2D eigenvalue weighted by Crippen LogP contribution is -2.37. The fourth-order valence-corrected chi connectivity index (χ4v) is 2.59. The van der Waals surface area contributed by atoms with Gasteiger partial charge in [-0.2, -0.15) is 16.9 Å². The van der Waals surface area contributed by atoms with Crippen LogP contribution in [0.4, 0.5) is 0 Å². The van der Waals surface area contributed by atoms with E-state index < -0.39 is 5.38 Å². The molecule has 0 N–H and O–H groups in total. The Bertz CT molecular complexity index is 299. The van der Waals surface area contributed by atoms with E-state index >= 15 is 0 Å². The first-order valence-corrected chi connectivity index (χ1v) is 5.99. The first-order valence-electron chi connectivity index (χ1n) is 4.40. The molecule has 2 aliphatic heterocycles. The Kier molecular flexibility index (Phi) is 3.08. The molecule has 2 rings (SSSR count). The highest BCUT2D eigenvalue weighted by Crippen LogP contribution is 2.23. The zero-order chi connectivity index (χ0) is 9.97. The number of nitrogens with zero attached hydrogens (tertiary/aromatic N) is 3. The lowest BCUT2D eigenvalue weighted by Gasteiger charge is -2.32. The predicted octanol–water partition coefficient (Wildman–Crippen LogP) is 1.48. The Balaban J connectivity index is 2.12. The van der Waals surface area contributed by atoms with E-state index in [9.17, 15) is 4.79 Å². The Labute approximate surface area is 91.4 Å². The monoisotopic (exact) mass is 231 g/mol. The summed E-state index contributed by atoms with van der Waals surface area (Å²) >= 11 is 7.86. The molecule has 1 saturated heterocycles. The SMILES string of the molecule is O=C1N=NC=C(N2CCSCC2)C1Cl. The van der Waals surface area contributed by atoms with Crippen molar-refractivity contribution in [2.45, 2.75) is 5.38 Å². The van der Waals surface area contributed by atoms with Crippen molar-refractivity contribution >= 4 is 29.3 Å². The van der Waals surface area contributed by atoms with Gasteiger partial charge >= 0.3 is 0 Å². The average molecular weight is 232 g/mol. The molecule has 0 saturated carbocycles. The topological polar surface area (TPSA) is 45.0 Å². The van der Waals surface area contributed by atoms with Crippen molar-refractivity contribution in [3.8, 4) is 0 Å². The first-order chi connectivity index (χ1) is 6.79. The van der Waals surface area contributed by atoms with Gasteiger partial charge in [-0.05, 0) is 0 Å². The quantitative estimate of drug-likeness (QED) is 0.642. The highest BCUT2D eigenvalue weighted by atomic mass is 35.5. The molecule has 76 valence electrons. The minimum absolute atomic E-state index is 0.359. The molecule has 1 atom stereocenters. The zero-order valence-electron chi connectivity index (χ0n) is 7.52. The van der Waals surface area contributed by atoms with Crippen molar-refractivity contribution in [2.24, 2.45) is 10.2 Å². The summed E-state index contributed by atoms with van der Waals surface area (Å²) in [6.07, 6.45) is 1.59. The van der Waals surface area contributed by atoms with Crippen LogP contribution in [0.3, 0.4) is 0 Å². The first kappa shape index (κ1) is 9.98. The average Bonchev–Trinajstić information content (AvgIpc) is 2.23. The van der Waals surface area contributed by atoms with Gasteiger partial charge in [0.05, 0.1) is 11.9 Å². The van der Waals surface area contributed by atoms with E-state index in [1.54, 1.807) is 6.20 Å². The van der Waals surface area contributed by atoms with Crippen molar-refractivity contribution in [1.29, 1.82) is 0 Å². The van der Waals surface area contributed by atoms with Crippen LogP contribution in [-0.4, -0.2) is 40.8 Å². The lowest BCUT2D eigenvalue weighted by atomic mass is 10.2. The zero-order valence-corrected chi connectivity index (χ0v) is 9.09. The van der Waals surface area contributed by atoms with Gasteiger partial charge in [-0.1, -0.05) is 0 Å². The smallest absolute Gasteiger partial charge is 0.288 e. The molecule has 0 aliphatic carbocycles. The van der Waals surface area contributed by atoms with Gasteiger partial charge in [-0.3, -0.25) is 4.79 Å². The molecule has 1 amide bonds. The molecule has 0 spiro atoms. The van der Waals surface area contributed by atoms with Crippen molar-refractivity contribution in [1.82, 2.24) is 4.90 Å². The van der Waals surface area contributed by atoms with E-state index in [1.807, 2.05) is 11.8 Å². The van der Waals surface area contributed by atoms with Gasteiger partial charge in [-0.15, -0.1) is 16.7 Å². The largest absolute Gasteiger partial charge is 0.370 e. The molecular formula is C8H10ClN3OS. The summed E-state index contributed by atoms with van der Waals surface area (Å²) in [5.74, 6) is 1.79. The van der Waals surface area contributed by atoms with Gasteiger partial charge in [0.2, 0.25) is 0 Å². The lowest BCUT2D eigenvalue weighted by molar-refractivity contribution is -0.117. The molecule has 1 fully saturated rings. The molecule has 14 heavy (non-hydrogen) atoms. The van der Waals surface area contributed by atoms with Crippen LogP contribution in [0.25, 0.3) is 0 Å². The van der Waals surface area contributed by atoms with Gasteiger partial charge in [-0.25, -0.2) is 0 Å². The van der Waals surface area contributed by atoms with Gasteiger partial charge < -0.3 is 4.90 Å². The summed E-state index contributed by atoms with van der Waals surface area (Å²) in [5.41, 5.74) is 0.798. The molecule has 4 nitrogen and oxygen atoms in total. The van der Waals surface area contributed by atoms with E-state index in [0.29, 0.717) is 0 Å². The van der Waals surface area contributed by atoms with Crippen LogP contribution in [0.1, 0.15) is 0 Å². The molecule has 0 bridgehead atoms. The highest BCUT2D eigenvalue weighted by Gasteiger charge is 2.28. The predicted molar refractivity (Wildman–Crippen MR) is 56.5 cm³/mol. The number of carbonyl (C=O) groups excluding carboxylic acids is 1. The second kappa shape index (κ2) is 4.31. The maximum Gasteiger partial charge on any atom is 0.288 e. The molecule has 0 radical (unpaired) electrons. The summed E-state index contributed by atoms with van der Waals surface area (Å²) in [7, 11) is 0. The summed E-state index contributed by atoms with van der Waals surface area (Å²) < 4.78 is 0.